The van der Waals surface area contributed by atoms with Gasteiger partial charge in [0.2, 0.25) is 0 Å². The number of hydrogen-bond acceptors (Lipinski definition) is 1. The summed E-state index contributed by atoms with van der Waals surface area (Å²) in [6.45, 7) is 9.29. The second-order valence-electron chi connectivity index (χ2n) is 34.6. The van der Waals surface area contributed by atoms with Gasteiger partial charge in [-0.25, -0.2) is 0 Å². The minimum atomic E-state index is 0.333. The third-order valence-electron chi connectivity index (χ3n) is 24.4. The summed E-state index contributed by atoms with van der Waals surface area (Å²) in [7, 11) is 0. The van der Waals surface area contributed by atoms with Gasteiger partial charge < -0.3 is 0 Å². The van der Waals surface area contributed by atoms with Crippen molar-refractivity contribution in [1.82, 2.24) is 0 Å². The molecule has 0 amide bonds. The van der Waals surface area contributed by atoms with Crippen LogP contribution in [0.4, 0.5) is 0 Å². The van der Waals surface area contributed by atoms with E-state index in [1.54, 1.807) is 0 Å². The van der Waals surface area contributed by atoms with Gasteiger partial charge >= 0.3 is 0 Å². The molecular formula is C99H198O. The molecule has 100 heavy (non-hydrogen) atoms. The van der Waals surface area contributed by atoms with Gasteiger partial charge in [0.25, 0.3) is 0 Å². The summed E-state index contributed by atoms with van der Waals surface area (Å²) in [5.74, 6) is 1.40. The molecule has 0 atom stereocenters. The molecule has 0 aromatic rings. The topological polar surface area (TPSA) is 17.1 Å². The quantitative estimate of drug-likeness (QED) is 0.0555. The fourth-order valence-electron chi connectivity index (χ4n) is 17.2. The standard InChI is InChI=1S/C99H198O/c1-5-9-13-17-21-25-29-33-37-41-45-49-53-57-61-65-69-73-77-81-85-89-93-97(94-90-86-82-78-74-70-66-62-58-54-50-46-42-38-34-30-26-22-18-14-10-6-2)99(100)98(95-91-87-83-79-75-71-67-63-59-55-51-47-43-39-35-31-27-23-19-15-11-7-3)96-92-88-84-80-76-72-68-64-60-56-52-48-44-40-36-32-28-24-20-16-12-8-4/h97-98H,5-96H2,1-4H3. The summed E-state index contributed by atoms with van der Waals surface area (Å²) >= 11 is 0. The second kappa shape index (κ2) is 92.9. The van der Waals surface area contributed by atoms with E-state index >= 15 is 4.79 Å². The molecule has 1 heteroatoms. The average Bonchev–Trinajstić information content (AvgIpc) is 0.940. The van der Waals surface area contributed by atoms with Crippen LogP contribution in [-0.2, 0) is 4.79 Å². The van der Waals surface area contributed by atoms with Crippen molar-refractivity contribution in [1.29, 1.82) is 0 Å². The van der Waals surface area contributed by atoms with E-state index in [0.717, 1.165) is 5.78 Å². The molecule has 0 N–H and O–H groups in total. The molecule has 0 aliphatic rings. The molecule has 0 saturated heterocycles. The molecule has 1 nitrogen and oxygen atoms in total. The van der Waals surface area contributed by atoms with E-state index in [-0.39, 0.29) is 0 Å². The number of unbranched alkanes of at least 4 members (excludes halogenated alkanes) is 84. The Labute approximate surface area is 637 Å². The zero-order chi connectivity index (χ0) is 71.8. The Kier molecular flexibility index (Phi) is 92.6. The maximum Gasteiger partial charge on any atom is 0.139 e. The van der Waals surface area contributed by atoms with E-state index in [1.807, 2.05) is 0 Å². The molecule has 0 heterocycles. The van der Waals surface area contributed by atoms with Gasteiger partial charge in [-0.1, -0.05) is 593 Å². The van der Waals surface area contributed by atoms with Crippen LogP contribution in [0.2, 0.25) is 0 Å². The Balaban J connectivity index is 5.04. The van der Waals surface area contributed by atoms with Gasteiger partial charge in [0.05, 0.1) is 0 Å². The molecule has 0 aliphatic carbocycles. The molecule has 0 saturated carbocycles. The average molecular weight is 1400 g/mol. The van der Waals surface area contributed by atoms with E-state index in [1.165, 1.54) is 591 Å². The van der Waals surface area contributed by atoms with Gasteiger partial charge in [-0.2, -0.15) is 0 Å². The minimum absolute atomic E-state index is 0.333. The molecule has 0 aromatic heterocycles. The number of Topliss-reactive ketones (excluding diaryl/α,β-unsaturated/α-hetero) is 1. The maximum atomic E-state index is 15.0. The van der Waals surface area contributed by atoms with Gasteiger partial charge in [-0.15, -0.1) is 0 Å². The van der Waals surface area contributed by atoms with E-state index in [2.05, 4.69) is 27.7 Å². The van der Waals surface area contributed by atoms with Crippen LogP contribution in [0, 0.1) is 11.8 Å². The molecule has 0 aromatic carbocycles. The van der Waals surface area contributed by atoms with E-state index in [4.69, 9.17) is 0 Å². The fraction of sp³-hybridized carbons (Fsp3) is 0.990. The van der Waals surface area contributed by atoms with Crippen molar-refractivity contribution < 1.29 is 4.79 Å². The van der Waals surface area contributed by atoms with Gasteiger partial charge in [0.15, 0.2) is 0 Å². The lowest BCUT2D eigenvalue weighted by molar-refractivity contribution is -0.128. The van der Waals surface area contributed by atoms with Crippen molar-refractivity contribution in [3.63, 3.8) is 0 Å². The van der Waals surface area contributed by atoms with Gasteiger partial charge in [0, 0.05) is 11.8 Å². The van der Waals surface area contributed by atoms with Crippen molar-refractivity contribution in [2.45, 2.75) is 618 Å². The van der Waals surface area contributed by atoms with Crippen LogP contribution in [0.15, 0.2) is 0 Å². The van der Waals surface area contributed by atoms with Crippen LogP contribution in [-0.4, -0.2) is 5.78 Å². The highest BCUT2D eigenvalue weighted by Gasteiger charge is 2.26. The molecule has 0 aliphatic heterocycles. The molecule has 0 unspecified atom stereocenters. The van der Waals surface area contributed by atoms with Crippen molar-refractivity contribution in [3.05, 3.63) is 0 Å². The fourth-order valence-corrected chi connectivity index (χ4v) is 17.2. The number of rotatable bonds is 94. The SMILES string of the molecule is CCCCCCCCCCCCCCCCCCCCCCCCC(CCCCCCCCCCCCCCCCCCCCCCCC)C(=O)C(CCCCCCCCCCCCCCCCCCCCCCCC)CCCCCCCCCCCCCCCCCCCCCCCC. The van der Waals surface area contributed by atoms with Crippen LogP contribution >= 0.6 is 0 Å². The summed E-state index contributed by atoms with van der Waals surface area (Å²) in [6.07, 6.45) is 132. The van der Waals surface area contributed by atoms with E-state index in [9.17, 15) is 0 Å². The summed E-state index contributed by atoms with van der Waals surface area (Å²) in [4.78, 5) is 15.0. The first kappa shape index (κ1) is 99.7. The Morgan fingerprint density at radius 3 is 0.270 bits per heavy atom. The Morgan fingerprint density at radius 1 is 0.120 bits per heavy atom. The lowest BCUT2D eigenvalue weighted by atomic mass is 9.80. The molecular weight excluding hydrogens is 1210 g/mol. The Bertz CT molecular complexity index is 1200. The second-order valence-corrected chi connectivity index (χ2v) is 34.6. The molecule has 600 valence electrons. The first-order valence-electron chi connectivity index (χ1n) is 49.2. The molecule has 0 rings (SSSR count). The van der Waals surface area contributed by atoms with E-state index in [0.29, 0.717) is 11.8 Å². The molecule has 0 fully saturated rings. The van der Waals surface area contributed by atoms with Crippen LogP contribution in [0.3, 0.4) is 0 Å². The van der Waals surface area contributed by atoms with Gasteiger partial charge in [-0.3, -0.25) is 4.79 Å². The zero-order valence-corrected chi connectivity index (χ0v) is 71.1. The number of ketones is 1. The summed E-state index contributed by atoms with van der Waals surface area (Å²) in [5.41, 5.74) is 0. The predicted octanol–water partition coefficient (Wildman–Crippen LogP) is 37.8. The summed E-state index contributed by atoms with van der Waals surface area (Å²) in [5, 5.41) is 0. The van der Waals surface area contributed by atoms with Crippen molar-refractivity contribution >= 4 is 5.78 Å². The van der Waals surface area contributed by atoms with Crippen molar-refractivity contribution in [2.75, 3.05) is 0 Å². The zero-order valence-electron chi connectivity index (χ0n) is 71.1. The summed E-state index contributed by atoms with van der Waals surface area (Å²) < 4.78 is 0. The van der Waals surface area contributed by atoms with Gasteiger partial charge in [0.1, 0.15) is 5.78 Å². The van der Waals surface area contributed by atoms with Crippen LogP contribution in [0.5, 0.6) is 0 Å². The smallest absolute Gasteiger partial charge is 0.139 e. The number of carbonyl (C=O) groups is 1. The monoisotopic (exact) mass is 1400 g/mol. The highest BCUT2D eigenvalue weighted by atomic mass is 16.1. The molecule has 0 radical (unpaired) electrons. The third-order valence-corrected chi connectivity index (χ3v) is 24.4. The van der Waals surface area contributed by atoms with Gasteiger partial charge in [-0.05, 0) is 25.7 Å². The van der Waals surface area contributed by atoms with Crippen LogP contribution in [0.25, 0.3) is 0 Å². The van der Waals surface area contributed by atoms with Crippen molar-refractivity contribution in [3.8, 4) is 0 Å². The number of hydrogen-bond donors (Lipinski definition) is 0. The first-order valence-corrected chi connectivity index (χ1v) is 49.2. The highest BCUT2D eigenvalue weighted by Crippen LogP contribution is 2.30. The number of carbonyl (C=O) groups excluding carboxylic acids is 1. The lowest BCUT2D eigenvalue weighted by Crippen LogP contribution is -2.24. The summed E-state index contributed by atoms with van der Waals surface area (Å²) in [6, 6.07) is 0. The highest BCUT2D eigenvalue weighted by molar-refractivity contribution is 5.83. The van der Waals surface area contributed by atoms with E-state index < -0.39 is 0 Å². The van der Waals surface area contributed by atoms with Crippen LogP contribution in [0.1, 0.15) is 618 Å². The maximum absolute atomic E-state index is 15.0. The largest absolute Gasteiger partial charge is 0.299 e. The molecule has 0 spiro atoms. The lowest BCUT2D eigenvalue weighted by Gasteiger charge is -2.23. The minimum Gasteiger partial charge on any atom is -0.299 e. The Hall–Kier alpha value is -0.330. The predicted molar refractivity (Wildman–Crippen MR) is 459 cm³/mol. The van der Waals surface area contributed by atoms with Crippen molar-refractivity contribution in [2.24, 2.45) is 11.8 Å². The third kappa shape index (κ3) is 84.9. The normalized spacial score (nSPS) is 11.9. The molecule has 0 bridgehead atoms. The first-order chi connectivity index (χ1) is 49.7. The Morgan fingerprint density at radius 2 is 0.190 bits per heavy atom. The van der Waals surface area contributed by atoms with Crippen LogP contribution < -0.4 is 0 Å².